The van der Waals surface area contributed by atoms with E-state index in [1.54, 1.807) is 0 Å². The largest absolute Gasteiger partial charge is 0.481 e. The smallest absolute Gasteiger partial charge is 0.305 e. The highest BCUT2D eigenvalue weighted by Gasteiger charge is 2.18. The lowest BCUT2D eigenvalue weighted by Crippen LogP contribution is -2.35. The maximum absolute atomic E-state index is 12.1. The number of hydrogen-bond donors (Lipinski definition) is 2. The van der Waals surface area contributed by atoms with Gasteiger partial charge in [-0.3, -0.25) is 19.7 Å². The fourth-order valence-corrected chi connectivity index (χ4v) is 1.60. The van der Waals surface area contributed by atoms with Crippen LogP contribution in [0.2, 0.25) is 0 Å². The first kappa shape index (κ1) is 15.6. The summed E-state index contributed by atoms with van der Waals surface area (Å²) in [6.45, 7) is -0.424. The molecule has 0 fully saturated rings. The number of amides is 1. The Hall–Kier alpha value is -2.48. The summed E-state index contributed by atoms with van der Waals surface area (Å²) in [7, 11) is 0. The number of nitro benzene ring substituents is 1. The van der Waals surface area contributed by atoms with Crippen molar-refractivity contribution in [2.45, 2.75) is 6.42 Å². The molecule has 20 heavy (non-hydrogen) atoms. The van der Waals surface area contributed by atoms with Gasteiger partial charge in [-0.2, -0.15) is 0 Å². The van der Waals surface area contributed by atoms with E-state index in [1.807, 2.05) is 0 Å². The molecule has 108 valence electrons. The molecule has 0 unspecified atom stereocenters. The van der Waals surface area contributed by atoms with Gasteiger partial charge >= 0.3 is 5.97 Å². The van der Waals surface area contributed by atoms with Crippen molar-refractivity contribution in [2.75, 3.05) is 19.7 Å². The minimum absolute atomic E-state index is 0.0329. The summed E-state index contributed by atoms with van der Waals surface area (Å²) in [4.78, 5) is 33.8. The van der Waals surface area contributed by atoms with Gasteiger partial charge in [-0.1, -0.05) is 6.07 Å². The fraction of sp³-hybridized carbons (Fsp3) is 0.333. The zero-order valence-corrected chi connectivity index (χ0v) is 10.6. The highest BCUT2D eigenvalue weighted by atomic mass is 16.6. The Balaban J connectivity index is 2.90. The second kappa shape index (κ2) is 7.19. The van der Waals surface area contributed by atoms with E-state index in [9.17, 15) is 19.7 Å². The van der Waals surface area contributed by atoms with Gasteiger partial charge in [-0.15, -0.1) is 0 Å². The number of benzene rings is 1. The van der Waals surface area contributed by atoms with Crippen molar-refractivity contribution in [3.05, 3.63) is 39.9 Å². The van der Waals surface area contributed by atoms with E-state index in [4.69, 9.17) is 10.2 Å². The summed E-state index contributed by atoms with van der Waals surface area (Å²) >= 11 is 0. The molecule has 0 radical (unpaired) electrons. The van der Waals surface area contributed by atoms with E-state index < -0.39 is 16.8 Å². The van der Waals surface area contributed by atoms with Crippen LogP contribution >= 0.6 is 0 Å². The van der Waals surface area contributed by atoms with E-state index in [0.29, 0.717) is 0 Å². The molecule has 0 atom stereocenters. The van der Waals surface area contributed by atoms with Crippen LogP contribution in [0.25, 0.3) is 0 Å². The first-order valence-corrected chi connectivity index (χ1v) is 5.82. The van der Waals surface area contributed by atoms with Crippen molar-refractivity contribution in [2.24, 2.45) is 0 Å². The monoisotopic (exact) mass is 282 g/mol. The van der Waals surface area contributed by atoms with E-state index in [1.165, 1.54) is 18.2 Å². The maximum atomic E-state index is 12.1. The quantitative estimate of drug-likeness (QED) is 0.555. The lowest BCUT2D eigenvalue weighted by atomic mass is 10.1. The van der Waals surface area contributed by atoms with Gasteiger partial charge < -0.3 is 15.1 Å². The van der Waals surface area contributed by atoms with Crippen molar-refractivity contribution in [3.8, 4) is 0 Å². The number of nitrogens with zero attached hydrogens (tertiary/aromatic N) is 2. The predicted molar refractivity (Wildman–Crippen MR) is 68.3 cm³/mol. The second-order valence-corrected chi connectivity index (χ2v) is 3.97. The van der Waals surface area contributed by atoms with Gasteiger partial charge in [-0.25, -0.2) is 0 Å². The van der Waals surface area contributed by atoms with Crippen molar-refractivity contribution in [1.82, 2.24) is 4.90 Å². The normalized spacial score (nSPS) is 10.1. The van der Waals surface area contributed by atoms with Crippen LogP contribution in [-0.2, 0) is 4.79 Å². The number of rotatable bonds is 7. The Morgan fingerprint density at radius 2 is 2.00 bits per heavy atom. The molecule has 0 bridgehead atoms. The summed E-state index contributed by atoms with van der Waals surface area (Å²) in [5, 5.41) is 28.2. The Bertz CT molecular complexity index is 516. The summed E-state index contributed by atoms with van der Waals surface area (Å²) in [6.07, 6.45) is -0.263. The molecule has 1 aromatic carbocycles. The van der Waals surface area contributed by atoms with Crippen molar-refractivity contribution in [3.63, 3.8) is 0 Å². The topological polar surface area (TPSA) is 121 Å². The highest BCUT2D eigenvalue weighted by Crippen LogP contribution is 2.15. The predicted octanol–water partition coefficient (Wildman–Crippen LogP) is 0.504. The van der Waals surface area contributed by atoms with E-state index in [-0.39, 0.29) is 37.4 Å². The van der Waals surface area contributed by atoms with E-state index >= 15 is 0 Å². The Morgan fingerprint density at radius 1 is 1.30 bits per heavy atom. The summed E-state index contributed by atoms with van der Waals surface area (Å²) in [5.41, 5.74) is -0.143. The summed E-state index contributed by atoms with van der Waals surface area (Å²) in [5.74, 6) is -1.62. The van der Waals surface area contributed by atoms with Crippen molar-refractivity contribution >= 4 is 17.6 Å². The number of carbonyl (C=O) groups is 2. The lowest BCUT2D eigenvalue weighted by molar-refractivity contribution is -0.384. The van der Waals surface area contributed by atoms with Crippen LogP contribution in [0.5, 0.6) is 0 Å². The zero-order chi connectivity index (χ0) is 15.1. The fourth-order valence-electron chi connectivity index (χ4n) is 1.60. The Morgan fingerprint density at radius 3 is 2.55 bits per heavy atom. The van der Waals surface area contributed by atoms with Crippen molar-refractivity contribution < 1.29 is 24.7 Å². The average Bonchev–Trinajstić information content (AvgIpc) is 2.42. The first-order valence-electron chi connectivity index (χ1n) is 5.82. The highest BCUT2D eigenvalue weighted by molar-refractivity contribution is 5.95. The number of aliphatic hydroxyl groups excluding tert-OH is 1. The molecule has 1 amide bonds. The van der Waals surface area contributed by atoms with Crippen LogP contribution in [0.4, 0.5) is 5.69 Å². The molecule has 0 heterocycles. The summed E-state index contributed by atoms with van der Waals surface area (Å²) in [6, 6.07) is 5.15. The van der Waals surface area contributed by atoms with Gasteiger partial charge in [0.2, 0.25) is 0 Å². The Labute approximate surface area is 114 Å². The Kier molecular flexibility index (Phi) is 5.60. The third kappa shape index (κ3) is 4.32. The summed E-state index contributed by atoms with van der Waals surface area (Å²) < 4.78 is 0. The molecular weight excluding hydrogens is 268 g/mol. The number of aliphatic hydroxyl groups is 1. The molecule has 1 aromatic rings. The molecule has 8 heteroatoms. The molecule has 0 aliphatic rings. The number of carboxylic acids is 1. The number of carbonyl (C=O) groups excluding carboxylic acids is 1. The van der Waals surface area contributed by atoms with Gasteiger partial charge in [-0.05, 0) is 6.07 Å². The average molecular weight is 282 g/mol. The van der Waals surface area contributed by atoms with Crippen LogP contribution in [0.15, 0.2) is 24.3 Å². The zero-order valence-electron chi connectivity index (χ0n) is 10.6. The number of non-ortho nitro benzene ring substituents is 1. The third-order valence-electron chi connectivity index (χ3n) is 2.56. The van der Waals surface area contributed by atoms with Gasteiger partial charge in [0.15, 0.2) is 0 Å². The molecule has 0 spiro atoms. The number of aliphatic carboxylic acids is 1. The molecule has 0 aromatic heterocycles. The first-order chi connectivity index (χ1) is 9.45. The van der Waals surface area contributed by atoms with E-state index in [2.05, 4.69) is 0 Å². The third-order valence-corrected chi connectivity index (χ3v) is 2.56. The maximum Gasteiger partial charge on any atom is 0.305 e. The van der Waals surface area contributed by atoms with Crippen LogP contribution in [0.3, 0.4) is 0 Å². The van der Waals surface area contributed by atoms with Crippen LogP contribution < -0.4 is 0 Å². The molecule has 8 nitrogen and oxygen atoms in total. The molecule has 1 rings (SSSR count). The van der Waals surface area contributed by atoms with Crippen molar-refractivity contribution in [1.29, 1.82) is 0 Å². The number of hydrogen-bond acceptors (Lipinski definition) is 5. The minimum Gasteiger partial charge on any atom is -0.481 e. The molecule has 0 saturated carbocycles. The second-order valence-electron chi connectivity index (χ2n) is 3.97. The van der Waals surface area contributed by atoms with Gasteiger partial charge in [0.05, 0.1) is 18.0 Å². The minimum atomic E-state index is -1.07. The number of nitro groups is 1. The van der Waals surface area contributed by atoms with Gasteiger partial charge in [0.1, 0.15) is 0 Å². The lowest BCUT2D eigenvalue weighted by Gasteiger charge is -2.20. The van der Waals surface area contributed by atoms with Crippen LogP contribution in [0, 0.1) is 10.1 Å². The number of carboxylic acid groups (broad SMARTS) is 1. The molecule has 0 saturated heterocycles. The van der Waals surface area contributed by atoms with Gasteiger partial charge in [0, 0.05) is 30.8 Å². The van der Waals surface area contributed by atoms with Crippen LogP contribution in [-0.4, -0.2) is 51.6 Å². The molecule has 0 aliphatic carbocycles. The van der Waals surface area contributed by atoms with Crippen LogP contribution in [0.1, 0.15) is 16.8 Å². The van der Waals surface area contributed by atoms with Gasteiger partial charge in [0.25, 0.3) is 11.6 Å². The molecular formula is C12H14N2O6. The SMILES string of the molecule is O=C(O)CCN(CCO)C(=O)c1cccc([N+](=O)[O-])c1. The molecule has 0 aliphatic heterocycles. The van der Waals surface area contributed by atoms with E-state index in [0.717, 1.165) is 11.0 Å². The molecule has 2 N–H and O–H groups in total. The standard InChI is InChI=1S/C12H14N2O6/c15-7-6-13(5-4-11(16)17)12(18)9-2-1-3-10(8-9)14(19)20/h1-3,8,15H,4-7H2,(H,16,17).